The number of hydrogen-bond acceptors (Lipinski definition) is 0. The van der Waals surface area contributed by atoms with Gasteiger partial charge in [-0.15, -0.1) is 0 Å². The van der Waals surface area contributed by atoms with E-state index in [0.717, 1.165) is 11.6 Å². The van der Waals surface area contributed by atoms with E-state index in [1.807, 2.05) is 6.92 Å². The van der Waals surface area contributed by atoms with E-state index in [0.29, 0.717) is 0 Å². The lowest BCUT2D eigenvalue weighted by Crippen LogP contribution is -3.00. The summed E-state index contributed by atoms with van der Waals surface area (Å²) >= 11 is 5.88. The number of rotatable bonds is 7. The van der Waals surface area contributed by atoms with Gasteiger partial charge in [0.15, 0.2) is 0 Å². The smallest absolute Gasteiger partial charge is 0.0987 e. The molecule has 0 fully saturated rings. The van der Waals surface area contributed by atoms with Crippen LogP contribution in [0, 0.1) is 0 Å². The third-order valence-electron chi connectivity index (χ3n) is 3.09. The van der Waals surface area contributed by atoms with Gasteiger partial charge >= 0.3 is 0 Å². The van der Waals surface area contributed by atoms with Crippen molar-refractivity contribution in [3.8, 4) is 0 Å². The Morgan fingerprint density at radius 3 is 2.07 bits per heavy atom. The van der Waals surface area contributed by atoms with Gasteiger partial charge < -0.3 is 21.5 Å². The zero-order valence-electron chi connectivity index (χ0n) is 10.5. The van der Waals surface area contributed by atoms with Crippen molar-refractivity contribution in [2.24, 2.45) is 0 Å². The predicted molar refractivity (Wildman–Crippen MR) is 65.6 cm³/mol. The number of allylic oxidation sites excluding steroid dienone is 1. The lowest BCUT2D eigenvalue weighted by Gasteiger charge is -2.36. The molecule has 0 bridgehead atoms. The van der Waals surface area contributed by atoms with Crippen LogP contribution in [-0.4, -0.2) is 30.7 Å². The van der Waals surface area contributed by atoms with Crippen molar-refractivity contribution in [1.29, 1.82) is 0 Å². The number of unbranched alkanes of at least 4 members (excludes halogenated alkanes) is 1. The van der Waals surface area contributed by atoms with Gasteiger partial charge in [0, 0.05) is 5.03 Å². The lowest BCUT2D eigenvalue weighted by atomic mass is 10.2. The van der Waals surface area contributed by atoms with Crippen LogP contribution in [0.3, 0.4) is 0 Å². The van der Waals surface area contributed by atoms with Gasteiger partial charge in [0.2, 0.25) is 0 Å². The van der Waals surface area contributed by atoms with E-state index in [4.69, 9.17) is 11.6 Å². The fourth-order valence-electron chi connectivity index (χ4n) is 1.70. The van der Waals surface area contributed by atoms with Gasteiger partial charge in [-0.2, -0.15) is 0 Å². The van der Waals surface area contributed by atoms with Crippen molar-refractivity contribution in [1.82, 2.24) is 0 Å². The second-order valence-electron chi connectivity index (χ2n) is 4.02. The van der Waals surface area contributed by atoms with Gasteiger partial charge in [0.05, 0.1) is 26.2 Å². The van der Waals surface area contributed by atoms with Gasteiger partial charge in [0.1, 0.15) is 0 Å². The van der Waals surface area contributed by atoms with Crippen LogP contribution in [-0.2, 0) is 0 Å². The van der Waals surface area contributed by atoms with E-state index in [2.05, 4.69) is 26.8 Å². The Kier molecular flexibility index (Phi) is 11.5. The molecule has 0 radical (unpaired) electrons. The van der Waals surface area contributed by atoms with Crippen LogP contribution in [0.1, 0.15) is 40.5 Å². The first-order valence-corrected chi connectivity index (χ1v) is 6.15. The van der Waals surface area contributed by atoms with Gasteiger partial charge in [-0.1, -0.05) is 24.9 Å². The fraction of sp³-hybridized carbons (Fsp3) is 0.833. The van der Waals surface area contributed by atoms with Gasteiger partial charge in [-0.25, -0.2) is 0 Å². The van der Waals surface area contributed by atoms with Crippen LogP contribution >= 0.6 is 11.6 Å². The Morgan fingerprint density at radius 2 is 1.73 bits per heavy atom. The molecule has 0 saturated heterocycles. The topological polar surface area (TPSA) is 0 Å². The molecule has 0 aliphatic carbocycles. The summed E-state index contributed by atoms with van der Waals surface area (Å²) in [6.07, 6.45) is 4.75. The van der Waals surface area contributed by atoms with Gasteiger partial charge in [-0.3, -0.25) is 0 Å². The number of nitrogens with zero attached hydrogens (tertiary/aromatic N) is 1. The summed E-state index contributed by atoms with van der Waals surface area (Å²) in [7, 11) is 0. The minimum atomic E-state index is 0. The van der Waals surface area contributed by atoms with E-state index in [1.165, 1.54) is 37.0 Å². The highest BCUT2D eigenvalue weighted by Crippen LogP contribution is 2.11. The number of halogens is 2. The SMILES string of the molecule is CCCC[N+](CC)(CC)C/C=C(/C)Cl.[Br-]. The number of likely N-dealkylation sites (N-methyl/N-ethyl adjacent to an activating group) is 1. The fourth-order valence-corrected chi connectivity index (χ4v) is 1.77. The molecule has 0 aromatic rings. The largest absolute Gasteiger partial charge is 1.00 e. The van der Waals surface area contributed by atoms with E-state index in [-0.39, 0.29) is 17.0 Å². The molecular weight excluding hydrogens is 273 g/mol. The third-order valence-corrected chi connectivity index (χ3v) is 3.24. The monoisotopic (exact) mass is 297 g/mol. The van der Waals surface area contributed by atoms with Crippen molar-refractivity contribution >= 4 is 11.6 Å². The molecule has 0 aliphatic heterocycles. The van der Waals surface area contributed by atoms with Crippen molar-refractivity contribution in [3.63, 3.8) is 0 Å². The first-order chi connectivity index (χ1) is 6.60. The van der Waals surface area contributed by atoms with E-state index in [1.54, 1.807) is 0 Å². The molecule has 0 atom stereocenters. The van der Waals surface area contributed by atoms with Crippen molar-refractivity contribution in [2.75, 3.05) is 26.2 Å². The van der Waals surface area contributed by atoms with Crippen LogP contribution < -0.4 is 17.0 Å². The average molecular weight is 299 g/mol. The Bertz CT molecular complexity index is 172. The molecule has 0 aliphatic rings. The molecule has 0 aromatic carbocycles. The van der Waals surface area contributed by atoms with Gasteiger partial charge in [0.25, 0.3) is 0 Å². The average Bonchev–Trinajstić information content (AvgIpc) is 2.19. The molecule has 0 amide bonds. The summed E-state index contributed by atoms with van der Waals surface area (Å²) < 4.78 is 1.18. The minimum absolute atomic E-state index is 0. The maximum Gasteiger partial charge on any atom is 0.0987 e. The molecule has 0 N–H and O–H groups in total. The maximum atomic E-state index is 5.88. The highest BCUT2D eigenvalue weighted by molar-refractivity contribution is 6.29. The summed E-state index contributed by atoms with van der Waals surface area (Å²) in [6, 6.07) is 0. The van der Waals surface area contributed by atoms with Crippen molar-refractivity contribution in [2.45, 2.75) is 40.5 Å². The summed E-state index contributed by atoms with van der Waals surface area (Å²) in [4.78, 5) is 0. The summed E-state index contributed by atoms with van der Waals surface area (Å²) in [5.41, 5.74) is 0. The highest BCUT2D eigenvalue weighted by Gasteiger charge is 2.20. The van der Waals surface area contributed by atoms with Crippen LogP contribution in [0.4, 0.5) is 0 Å². The Morgan fingerprint density at radius 1 is 1.20 bits per heavy atom. The molecule has 0 saturated carbocycles. The van der Waals surface area contributed by atoms with Crippen LogP contribution in [0.25, 0.3) is 0 Å². The minimum Gasteiger partial charge on any atom is -1.00 e. The summed E-state index contributed by atoms with van der Waals surface area (Å²) in [5, 5.41) is 0.922. The van der Waals surface area contributed by atoms with Crippen molar-refractivity contribution < 1.29 is 21.5 Å². The molecule has 0 rings (SSSR count). The molecule has 92 valence electrons. The van der Waals surface area contributed by atoms with E-state index < -0.39 is 0 Å². The van der Waals surface area contributed by atoms with E-state index in [9.17, 15) is 0 Å². The molecule has 0 aromatic heterocycles. The second-order valence-corrected chi connectivity index (χ2v) is 4.62. The quantitative estimate of drug-likeness (QED) is 0.610. The molecule has 0 unspecified atom stereocenters. The zero-order chi connectivity index (χ0) is 11.0. The predicted octanol–water partition coefficient (Wildman–Crippen LogP) is 0.790. The Labute approximate surface area is 111 Å². The summed E-state index contributed by atoms with van der Waals surface area (Å²) in [6.45, 7) is 13.5. The first-order valence-electron chi connectivity index (χ1n) is 5.77. The molecule has 3 heteroatoms. The van der Waals surface area contributed by atoms with Crippen LogP contribution in [0.15, 0.2) is 11.1 Å². The maximum absolute atomic E-state index is 5.88. The normalized spacial score (nSPS) is 12.5. The lowest BCUT2D eigenvalue weighted by molar-refractivity contribution is -0.919. The molecule has 1 nitrogen and oxygen atoms in total. The first kappa shape index (κ1) is 17.9. The van der Waals surface area contributed by atoms with Crippen molar-refractivity contribution in [3.05, 3.63) is 11.1 Å². The zero-order valence-corrected chi connectivity index (χ0v) is 12.9. The van der Waals surface area contributed by atoms with Crippen LogP contribution in [0.2, 0.25) is 0 Å². The van der Waals surface area contributed by atoms with Gasteiger partial charge in [-0.05, 0) is 33.3 Å². The summed E-state index contributed by atoms with van der Waals surface area (Å²) in [5.74, 6) is 0. The third kappa shape index (κ3) is 7.37. The highest BCUT2D eigenvalue weighted by atomic mass is 79.9. The van der Waals surface area contributed by atoms with E-state index >= 15 is 0 Å². The Hall–Kier alpha value is 0.470. The standard InChI is InChI=1S/C12H25ClN.BrH/c1-5-8-10-14(6-2,7-3)11-9-12(4)13;/h9H,5-8,10-11H2,1-4H3;1H/q+1;/p-1/b12-9-;. The number of quaternary nitrogens is 1. The molecule has 0 spiro atoms. The Balaban J connectivity index is 0. The van der Waals surface area contributed by atoms with Crippen LogP contribution in [0.5, 0.6) is 0 Å². The number of hydrogen-bond donors (Lipinski definition) is 0. The molecular formula is C12H25BrClN. The second kappa shape index (κ2) is 9.68. The molecule has 15 heavy (non-hydrogen) atoms. The molecule has 0 heterocycles.